The van der Waals surface area contributed by atoms with E-state index in [4.69, 9.17) is 4.74 Å². The van der Waals surface area contributed by atoms with Crippen LogP contribution in [-0.4, -0.2) is 12.5 Å². The van der Waals surface area contributed by atoms with Crippen LogP contribution in [0.25, 0.3) is 0 Å². The molecule has 0 aromatic heterocycles. The van der Waals surface area contributed by atoms with Crippen LogP contribution in [-0.2, 0) is 12.7 Å². The molecule has 122 valence electrons. The van der Waals surface area contributed by atoms with Gasteiger partial charge in [0.15, 0.2) is 0 Å². The molecule has 0 unspecified atom stereocenters. The van der Waals surface area contributed by atoms with Gasteiger partial charge in [-0.05, 0) is 36.8 Å². The van der Waals surface area contributed by atoms with Gasteiger partial charge in [0.2, 0.25) is 0 Å². The zero-order valence-corrected chi connectivity index (χ0v) is 12.5. The van der Waals surface area contributed by atoms with E-state index in [9.17, 15) is 18.0 Å². The fourth-order valence-electron chi connectivity index (χ4n) is 2.07. The smallest absolute Gasteiger partial charge is 0.416 e. The van der Waals surface area contributed by atoms with Crippen LogP contribution in [0.3, 0.4) is 0 Å². The van der Waals surface area contributed by atoms with Gasteiger partial charge in [-0.15, -0.1) is 0 Å². The summed E-state index contributed by atoms with van der Waals surface area (Å²) in [5, 5.41) is 2.61. The summed E-state index contributed by atoms with van der Waals surface area (Å²) in [6.45, 7) is 2.22. The normalized spacial score (nSPS) is 11.1. The van der Waals surface area contributed by atoms with E-state index in [2.05, 4.69) is 5.32 Å². The first kappa shape index (κ1) is 16.9. The highest BCUT2D eigenvalue weighted by molar-refractivity contribution is 5.96. The predicted molar refractivity (Wildman–Crippen MR) is 80.2 cm³/mol. The van der Waals surface area contributed by atoms with E-state index >= 15 is 0 Å². The minimum Gasteiger partial charge on any atom is -0.493 e. The number of hydrogen-bond acceptors (Lipinski definition) is 2. The van der Waals surface area contributed by atoms with Gasteiger partial charge >= 0.3 is 6.18 Å². The molecule has 2 rings (SSSR count). The van der Waals surface area contributed by atoms with Crippen LogP contribution < -0.4 is 10.1 Å². The first-order valence-corrected chi connectivity index (χ1v) is 7.08. The number of para-hydroxylation sites is 1. The highest BCUT2D eigenvalue weighted by atomic mass is 19.4. The van der Waals surface area contributed by atoms with E-state index in [1.165, 1.54) is 12.1 Å². The van der Waals surface area contributed by atoms with E-state index in [1.807, 2.05) is 0 Å². The fraction of sp³-hybridized carbons (Fsp3) is 0.235. The van der Waals surface area contributed by atoms with Gasteiger partial charge in [0.25, 0.3) is 5.91 Å². The number of carbonyl (C=O) groups is 1. The molecule has 0 fully saturated rings. The van der Waals surface area contributed by atoms with Crippen molar-refractivity contribution in [1.29, 1.82) is 0 Å². The number of benzene rings is 2. The van der Waals surface area contributed by atoms with Gasteiger partial charge in [-0.3, -0.25) is 4.79 Å². The molecule has 0 aliphatic heterocycles. The van der Waals surface area contributed by atoms with Crippen LogP contribution in [0.15, 0.2) is 48.5 Å². The summed E-state index contributed by atoms with van der Waals surface area (Å²) >= 11 is 0. The SMILES string of the molecule is CCOc1ccccc1C(=O)NCc1cccc(C(F)(F)F)c1. The second kappa shape index (κ2) is 7.17. The summed E-state index contributed by atoms with van der Waals surface area (Å²) in [7, 11) is 0. The summed E-state index contributed by atoms with van der Waals surface area (Å²) < 4.78 is 43.4. The Hall–Kier alpha value is -2.50. The number of halogens is 3. The highest BCUT2D eigenvalue weighted by Gasteiger charge is 2.30. The van der Waals surface area contributed by atoms with Crippen LogP contribution in [0.2, 0.25) is 0 Å². The highest BCUT2D eigenvalue weighted by Crippen LogP contribution is 2.29. The quantitative estimate of drug-likeness (QED) is 0.902. The number of carbonyl (C=O) groups excluding carboxylic acids is 1. The largest absolute Gasteiger partial charge is 0.493 e. The number of amides is 1. The molecule has 0 saturated carbocycles. The molecule has 0 radical (unpaired) electrons. The molecule has 0 saturated heterocycles. The average molecular weight is 323 g/mol. The Bertz CT molecular complexity index is 684. The second-order valence-electron chi connectivity index (χ2n) is 4.81. The van der Waals surface area contributed by atoms with Crippen LogP contribution in [0.5, 0.6) is 5.75 Å². The van der Waals surface area contributed by atoms with E-state index in [0.29, 0.717) is 23.5 Å². The van der Waals surface area contributed by atoms with Gasteiger partial charge in [0, 0.05) is 6.54 Å². The summed E-state index contributed by atoms with van der Waals surface area (Å²) in [4.78, 5) is 12.2. The van der Waals surface area contributed by atoms with Crippen LogP contribution in [0.1, 0.15) is 28.4 Å². The van der Waals surface area contributed by atoms with E-state index in [-0.39, 0.29) is 6.54 Å². The van der Waals surface area contributed by atoms with E-state index < -0.39 is 17.6 Å². The first-order valence-electron chi connectivity index (χ1n) is 7.08. The monoisotopic (exact) mass is 323 g/mol. The Labute approximate surface area is 132 Å². The molecule has 0 heterocycles. The van der Waals surface area contributed by atoms with Crippen molar-refractivity contribution in [3.8, 4) is 5.75 Å². The molecular formula is C17H16F3NO2. The number of nitrogens with one attached hydrogen (secondary N) is 1. The topological polar surface area (TPSA) is 38.3 Å². The average Bonchev–Trinajstić information content (AvgIpc) is 2.53. The summed E-state index contributed by atoms with van der Waals surface area (Å²) in [6, 6.07) is 11.6. The van der Waals surface area contributed by atoms with Crippen molar-refractivity contribution < 1.29 is 22.7 Å². The maximum Gasteiger partial charge on any atom is 0.416 e. The van der Waals surface area contributed by atoms with E-state index in [1.54, 1.807) is 31.2 Å². The van der Waals surface area contributed by atoms with Crippen molar-refractivity contribution in [3.63, 3.8) is 0 Å². The Morgan fingerprint density at radius 3 is 2.57 bits per heavy atom. The lowest BCUT2D eigenvalue weighted by molar-refractivity contribution is -0.137. The molecule has 0 aliphatic carbocycles. The molecule has 2 aromatic carbocycles. The minimum absolute atomic E-state index is 0.00319. The lowest BCUT2D eigenvalue weighted by Crippen LogP contribution is -2.23. The maximum absolute atomic E-state index is 12.7. The van der Waals surface area contributed by atoms with Gasteiger partial charge in [-0.2, -0.15) is 13.2 Å². The zero-order valence-electron chi connectivity index (χ0n) is 12.5. The standard InChI is InChI=1S/C17H16F3NO2/c1-2-23-15-9-4-3-8-14(15)16(22)21-11-12-6-5-7-13(10-12)17(18,19)20/h3-10H,2,11H2,1H3,(H,21,22). The van der Waals surface area contributed by atoms with Crippen LogP contribution >= 0.6 is 0 Å². The minimum atomic E-state index is -4.40. The van der Waals surface area contributed by atoms with Crippen molar-refractivity contribution in [2.24, 2.45) is 0 Å². The molecule has 0 atom stereocenters. The maximum atomic E-state index is 12.7. The third-order valence-electron chi connectivity index (χ3n) is 3.14. The second-order valence-corrected chi connectivity index (χ2v) is 4.81. The number of alkyl halides is 3. The molecule has 1 amide bonds. The Morgan fingerprint density at radius 1 is 1.13 bits per heavy atom. The van der Waals surface area contributed by atoms with Crippen molar-refractivity contribution >= 4 is 5.91 Å². The Balaban J connectivity index is 2.08. The van der Waals surface area contributed by atoms with Crippen molar-refractivity contribution in [2.75, 3.05) is 6.61 Å². The van der Waals surface area contributed by atoms with Crippen LogP contribution in [0, 0.1) is 0 Å². The van der Waals surface area contributed by atoms with Gasteiger partial charge < -0.3 is 10.1 Å². The number of ether oxygens (including phenoxy) is 1. The summed E-state index contributed by atoms with van der Waals surface area (Å²) in [6.07, 6.45) is -4.40. The molecule has 0 bridgehead atoms. The number of hydrogen-bond donors (Lipinski definition) is 1. The Kier molecular flexibility index (Phi) is 5.26. The van der Waals surface area contributed by atoms with Crippen molar-refractivity contribution in [1.82, 2.24) is 5.32 Å². The molecule has 0 aliphatic rings. The summed E-state index contributed by atoms with van der Waals surface area (Å²) in [5.74, 6) is 0.0444. The molecule has 2 aromatic rings. The molecule has 23 heavy (non-hydrogen) atoms. The third-order valence-corrected chi connectivity index (χ3v) is 3.14. The van der Waals surface area contributed by atoms with Crippen molar-refractivity contribution in [3.05, 3.63) is 65.2 Å². The lowest BCUT2D eigenvalue weighted by Gasteiger charge is -2.11. The van der Waals surface area contributed by atoms with Gasteiger partial charge in [-0.1, -0.05) is 24.3 Å². The van der Waals surface area contributed by atoms with Crippen molar-refractivity contribution in [2.45, 2.75) is 19.6 Å². The van der Waals surface area contributed by atoms with Gasteiger partial charge in [0.05, 0.1) is 17.7 Å². The molecule has 0 spiro atoms. The number of rotatable bonds is 5. The summed E-state index contributed by atoms with van der Waals surface area (Å²) in [5.41, 5.74) is -0.0117. The molecule has 1 N–H and O–H groups in total. The zero-order chi connectivity index (χ0) is 16.9. The van der Waals surface area contributed by atoms with Crippen LogP contribution in [0.4, 0.5) is 13.2 Å². The third kappa shape index (κ3) is 4.48. The fourth-order valence-corrected chi connectivity index (χ4v) is 2.07. The lowest BCUT2D eigenvalue weighted by atomic mass is 10.1. The Morgan fingerprint density at radius 2 is 1.87 bits per heavy atom. The van der Waals surface area contributed by atoms with Gasteiger partial charge in [-0.25, -0.2) is 0 Å². The van der Waals surface area contributed by atoms with E-state index in [0.717, 1.165) is 12.1 Å². The predicted octanol–water partition coefficient (Wildman–Crippen LogP) is 4.03. The molecule has 3 nitrogen and oxygen atoms in total. The molecule has 6 heteroatoms. The molecular weight excluding hydrogens is 307 g/mol. The first-order chi connectivity index (χ1) is 10.9. The van der Waals surface area contributed by atoms with Gasteiger partial charge in [0.1, 0.15) is 5.75 Å².